The number of carboxylic acid groups (broad SMARTS) is 1. The normalized spacial score (nSPS) is 18.7. The van der Waals surface area contributed by atoms with Crippen molar-refractivity contribution in [3.63, 3.8) is 0 Å². The van der Waals surface area contributed by atoms with E-state index in [1.165, 1.54) is 0 Å². The average molecular weight is 440 g/mol. The molecule has 7 heteroatoms. The quantitative estimate of drug-likeness (QED) is 0.713. The van der Waals surface area contributed by atoms with Crippen molar-refractivity contribution in [3.05, 3.63) is 59.7 Å². The van der Waals surface area contributed by atoms with Gasteiger partial charge >= 0.3 is 0 Å². The number of carbonyl (C=O) groups is 1. The van der Waals surface area contributed by atoms with Crippen LogP contribution in [-0.4, -0.2) is 40.7 Å². The SMILES string of the molecule is CC(=O)[O-].Oc1ccccc1C=NC1CCCCC1N=Cc1ccccc1O.[Co]. The third-order valence-corrected chi connectivity index (χ3v) is 4.38. The maximum Gasteiger partial charge on any atom is 0.124 e. The summed E-state index contributed by atoms with van der Waals surface area (Å²) in [5, 5.41) is 28.6. The Bertz CT molecular complexity index is 772. The van der Waals surface area contributed by atoms with E-state index in [1.807, 2.05) is 24.3 Å². The molecular formula is C22H25CoN2O4-. The molecule has 3 rings (SSSR count). The van der Waals surface area contributed by atoms with E-state index in [1.54, 1.807) is 36.7 Å². The van der Waals surface area contributed by atoms with Crippen molar-refractivity contribution in [1.29, 1.82) is 0 Å². The van der Waals surface area contributed by atoms with E-state index < -0.39 is 5.97 Å². The van der Waals surface area contributed by atoms with E-state index >= 15 is 0 Å². The number of phenolic OH excluding ortho intramolecular Hbond substituents is 2. The van der Waals surface area contributed by atoms with Crippen LogP contribution in [-0.2, 0) is 21.6 Å². The van der Waals surface area contributed by atoms with Crippen molar-refractivity contribution in [1.82, 2.24) is 0 Å². The van der Waals surface area contributed by atoms with Crippen LogP contribution in [0, 0.1) is 0 Å². The van der Waals surface area contributed by atoms with E-state index in [-0.39, 0.29) is 40.4 Å². The summed E-state index contributed by atoms with van der Waals surface area (Å²) in [5.74, 6) is -0.599. The van der Waals surface area contributed by atoms with Gasteiger partial charge in [0.05, 0.1) is 12.1 Å². The molecule has 157 valence electrons. The Hall–Kier alpha value is -2.64. The van der Waals surface area contributed by atoms with Crippen molar-refractivity contribution in [2.45, 2.75) is 44.7 Å². The predicted molar refractivity (Wildman–Crippen MR) is 108 cm³/mol. The Morgan fingerprint density at radius 2 is 1.24 bits per heavy atom. The Morgan fingerprint density at radius 1 is 0.897 bits per heavy atom. The largest absolute Gasteiger partial charge is 0.550 e. The molecule has 1 aliphatic carbocycles. The molecule has 1 radical (unpaired) electrons. The van der Waals surface area contributed by atoms with Gasteiger partial charge in [-0.1, -0.05) is 37.1 Å². The molecule has 1 aliphatic rings. The van der Waals surface area contributed by atoms with Crippen LogP contribution < -0.4 is 5.11 Å². The first-order valence-corrected chi connectivity index (χ1v) is 9.27. The summed E-state index contributed by atoms with van der Waals surface area (Å²) in [6.07, 6.45) is 7.76. The van der Waals surface area contributed by atoms with E-state index in [4.69, 9.17) is 9.90 Å². The molecule has 2 N–H and O–H groups in total. The van der Waals surface area contributed by atoms with Crippen LogP contribution in [0.3, 0.4) is 0 Å². The number of para-hydroxylation sites is 2. The van der Waals surface area contributed by atoms with Gasteiger partial charge in [0, 0.05) is 46.3 Å². The van der Waals surface area contributed by atoms with E-state index in [0.29, 0.717) is 0 Å². The Morgan fingerprint density at radius 3 is 1.59 bits per heavy atom. The number of aliphatic imine (C=N–C) groups is 2. The molecule has 0 saturated heterocycles. The van der Waals surface area contributed by atoms with E-state index in [0.717, 1.165) is 43.7 Å². The molecule has 0 aliphatic heterocycles. The molecule has 2 atom stereocenters. The van der Waals surface area contributed by atoms with Crippen LogP contribution in [0.25, 0.3) is 0 Å². The molecule has 0 spiro atoms. The first kappa shape index (κ1) is 24.4. The second kappa shape index (κ2) is 12.7. The molecule has 6 nitrogen and oxygen atoms in total. The summed E-state index contributed by atoms with van der Waals surface area (Å²) in [5.41, 5.74) is 1.46. The number of nitrogens with zero attached hydrogens (tertiary/aromatic N) is 2. The minimum atomic E-state index is -1.08. The molecule has 1 fully saturated rings. The van der Waals surface area contributed by atoms with Crippen LogP contribution in [0.15, 0.2) is 58.5 Å². The van der Waals surface area contributed by atoms with Crippen molar-refractivity contribution >= 4 is 18.4 Å². The second-order valence-electron chi connectivity index (χ2n) is 6.58. The Labute approximate surface area is 181 Å². The molecule has 1 saturated carbocycles. The van der Waals surface area contributed by atoms with Crippen LogP contribution >= 0.6 is 0 Å². The number of hydrogen-bond donors (Lipinski definition) is 2. The molecular weight excluding hydrogens is 415 g/mol. The number of aromatic hydroxyl groups is 2. The number of aliphatic carboxylic acids is 1. The van der Waals surface area contributed by atoms with Crippen molar-refractivity contribution in [3.8, 4) is 11.5 Å². The molecule has 0 bridgehead atoms. The number of carbonyl (C=O) groups excluding carboxylic acids is 1. The van der Waals surface area contributed by atoms with Crippen LogP contribution in [0.5, 0.6) is 11.5 Å². The molecule has 29 heavy (non-hydrogen) atoms. The van der Waals surface area contributed by atoms with Gasteiger partial charge in [0.25, 0.3) is 0 Å². The van der Waals surface area contributed by atoms with Crippen LogP contribution in [0.4, 0.5) is 0 Å². The summed E-state index contributed by atoms with van der Waals surface area (Å²) in [6, 6.07) is 14.6. The minimum Gasteiger partial charge on any atom is -0.550 e. The second-order valence-corrected chi connectivity index (χ2v) is 6.58. The molecule has 2 aromatic rings. The first-order valence-electron chi connectivity index (χ1n) is 9.27. The van der Waals surface area contributed by atoms with Gasteiger partial charge < -0.3 is 20.1 Å². The maximum absolute atomic E-state index is 9.84. The monoisotopic (exact) mass is 440 g/mol. The van der Waals surface area contributed by atoms with E-state index in [2.05, 4.69) is 9.98 Å². The topological polar surface area (TPSA) is 105 Å². The van der Waals surface area contributed by atoms with Gasteiger partial charge in [-0.25, -0.2) is 0 Å². The smallest absolute Gasteiger partial charge is 0.124 e. The molecule has 0 heterocycles. The average Bonchev–Trinajstić information content (AvgIpc) is 2.67. The van der Waals surface area contributed by atoms with Gasteiger partial charge in [-0.15, -0.1) is 0 Å². The zero-order valence-corrected chi connectivity index (χ0v) is 17.2. The number of carboxylic acids is 1. The van der Waals surface area contributed by atoms with Gasteiger partial charge in [0.1, 0.15) is 11.5 Å². The minimum absolute atomic E-state index is 0. The number of benzene rings is 2. The fraction of sp³-hybridized carbons (Fsp3) is 0.318. The fourth-order valence-corrected chi connectivity index (χ4v) is 2.98. The predicted octanol–water partition coefficient (Wildman–Crippen LogP) is 2.70. The molecule has 2 unspecified atom stereocenters. The van der Waals surface area contributed by atoms with E-state index in [9.17, 15) is 10.2 Å². The summed E-state index contributed by atoms with van der Waals surface area (Å²) < 4.78 is 0. The zero-order valence-electron chi connectivity index (χ0n) is 16.2. The standard InChI is InChI=1S/C20H22N2O2.C2H4O2.Co/c23-19-11-5-1-7-15(19)13-21-17-9-3-4-10-18(17)22-14-16-8-2-6-12-20(16)24;1-2(3)4;/h1-2,5-8,11-14,17-18,23-24H,3-4,9-10H2;1H3,(H,3,4);/p-1. The van der Waals surface area contributed by atoms with Crippen molar-refractivity contribution in [2.75, 3.05) is 0 Å². The van der Waals surface area contributed by atoms with Gasteiger partial charge in [0.2, 0.25) is 0 Å². The van der Waals surface area contributed by atoms with Crippen LogP contribution in [0.2, 0.25) is 0 Å². The third kappa shape index (κ3) is 8.49. The molecule has 0 aromatic heterocycles. The van der Waals surface area contributed by atoms with Crippen molar-refractivity contribution < 1.29 is 36.9 Å². The van der Waals surface area contributed by atoms with Gasteiger partial charge in [-0.05, 0) is 44.0 Å². The number of rotatable bonds is 4. The fourth-order valence-electron chi connectivity index (χ4n) is 2.98. The third-order valence-electron chi connectivity index (χ3n) is 4.38. The molecule has 0 amide bonds. The van der Waals surface area contributed by atoms with Gasteiger partial charge in [0.15, 0.2) is 0 Å². The zero-order chi connectivity index (χ0) is 20.4. The van der Waals surface area contributed by atoms with Gasteiger partial charge in [-0.2, -0.15) is 0 Å². The Balaban J connectivity index is 0.000000771. The summed E-state index contributed by atoms with van der Waals surface area (Å²) >= 11 is 0. The molecule has 2 aromatic carbocycles. The number of phenols is 2. The Kier molecular flexibility index (Phi) is 10.7. The number of hydrogen-bond acceptors (Lipinski definition) is 6. The maximum atomic E-state index is 9.84. The summed E-state index contributed by atoms with van der Waals surface area (Å²) in [7, 11) is 0. The van der Waals surface area contributed by atoms with Crippen LogP contribution in [0.1, 0.15) is 43.7 Å². The van der Waals surface area contributed by atoms with Gasteiger partial charge in [-0.3, -0.25) is 9.98 Å². The van der Waals surface area contributed by atoms with Crippen molar-refractivity contribution in [2.24, 2.45) is 9.98 Å². The summed E-state index contributed by atoms with van der Waals surface area (Å²) in [6.45, 7) is 0.972. The first-order chi connectivity index (χ1) is 13.5. The summed E-state index contributed by atoms with van der Waals surface area (Å²) in [4.78, 5) is 18.2.